The molecular formula is C29H31N5O2. The Morgan fingerprint density at radius 2 is 1.64 bits per heavy atom. The first kappa shape index (κ1) is 23.6. The van der Waals surface area contributed by atoms with E-state index in [1.165, 1.54) is 0 Å². The number of rotatable bonds is 6. The summed E-state index contributed by atoms with van der Waals surface area (Å²) in [5.74, 6) is 2.30. The molecule has 0 unspecified atom stereocenters. The molecule has 1 fully saturated rings. The molecule has 1 N–H and O–H groups in total. The summed E-state index contributed by atoms with van der Waals surface area (Å²) in [5, 5.41) is 4.04. The predicted octanol–water partition coefficient (Wildman–Crippen LogP) is 4.51. The highest BCUT2D eigenvalue weighted by atomic mass is 16.5. The van der Waals surface area contributed by atoms with Gasteiger partial charge in [0.05, 0.1) is 24.9 Å². The minimum absolute atomic E-state index is 0.111. The van der Waals surface area contributed by atoms with Crippen molar-refractivity contribution in [1.29, 1.82) is 0 Å². The summed E-state index contributed by atoms with van der Waals surface area (Å²) in [6, 6.07) is 22.1. The van der Waals surface area contributed by atoms with Crippen molar-refractivity contribution in [3.8, 4) is 5.75 Å². The molecule has 4 aromatic rings. The Bertz CT molecular complexity index is 1400. The average Bonchev–Trinajstić information content (AvgIpc) is 2.92. The molecule has 5 rings (SSSR count). The molecule has 0 spiro atoms. The number of ether oxygens (including phenoxy) is 1. The van der Waals surface area contributed by atoms with E-state index in [4.69, 9.17) is 14.7 Å². The first-order valence-corrected chi connectivity index (χ1v) is 12.3. The second kappa shape index (κ2) is 10.2. The van der Waals surface area contributed by atoms with Crippen LogP contribution >= 0.6 is 0 Å². The number of nitrogens with one attached hydrogen (secondary N) is 1. The molecule has 1 aliphatic rings. The third kappa shape index (κ3) is 4.82. The number of benzene rings is 3. The van der Waals surface area contributed by atoms with Gasteiger partial charge in [0.2, 0.25) is 0 Å². The zero-order chi connectivity index (χ0) is 25.1. The van der Waals surface area contributed by atoms with Crippen LogP contribution in [0.15, 0.2) is 66.7 Å². The van der Waals surface area contributed by atoms with Crippen molar-refractivity contribution in [3.05, 3.63) is 89.2 Å². The van der Waals surface area contributed by atoms with Gasteiger partial charge in [0.15, 0.2) is 5.82 Å². The Morgan fingerprint density at radius 1 is 0.917 bits per heavy atom. The van der Waals surface area contributed by atoms with Gasteiger partial charge in [-0.1, -0.05) is 42.0 Å². The second-order valence-corrected chi connectivity index (χ2v) is 9.13. The molecule has 0 radical (unpaired) electrons. The Hall–Kier alpha value is -4.13. The minimum atomic E-state index is -0.111. The van der Waals surface area contributed by atoms with E-state index >= 15 is 0 Å². The quantitative estimate of drug-likeness (QED) is 0.437. The van der Waals surface area contributed by atoms with Gasteiger partial charge in [0.1, 0.15) is 11.6 Å². The lowest BCUT2D eigenvalue weighted by atomic mass is 10.1. The van der Waals surface area contributed by atoms with Crippen molar-refractivity contribution in [2.45, 2.75) is 20.4 Å². The molecular weight excluding hydrogens is 450 g/mol. The maximum Gasteiger partial charge on any atom is 0.251 e. The van der Waals surface area contributed by atoms with Crippen LogP contribution in [0.4, 0.5) is 11.5 Å². The van der Waals surface area contributed by atoms with Crippen LogP contribution in [0, 0.1) is 13.8 Å². The molecule has 7 heteroatoms. The molecule has 1 amide bonds. The van der Waals surface area contributed by atoms with Gasteiger partial charge in [-0.2, -0.15) is 0 Å². The van der Waals surface area contributed by atoms with Gasteiger partial charge in [-0.05, 0) is 49.7 Å². The van der Waals surface area contributed by atoms with Crippen LogP contribution in [-0.4, -0.2) is 49.2 Å². The molecule has 1 saturated heterocycles. The highest BCUT2D eigenvalue weighted by molar-refractivity contribution is 5.96. The normalized spacial score (nSPS) is 13.6. The number of nitrogens with zero attached hydrogens (tertiary/aromatic N) is 4. The van der Waals surface area contributed by atoms with Crippen molar-refractivity contribution in [2.24, 2.45) is 0 Å². The van der Waals surface area contributed by atoms with E-state index in [-0.39, 0.29) is 12.5 Å². The van der Waals surface area contributed by atoms with Gasteiger partial charge < -0.3 is 19.9 Å². The Labute approximate surface area is 211 Å². The number of methoxy groups -OCH3 is 1. The minimum Gasteiger partial charge on any atom is -0.495 e. The van der Waals surface area contributed by atoms with Gasteiger partial charge in [-0.15, -0.1) is 0 Å². The van der Waals surface area contributed by atoms with Crippen LogP contribution in [0.5, 0.6) is 5.75 Å². The summed E-state index contributed by atoms with van der Waals surface area (Å²) < 4.78 is 5.57. The Balaban J connectivity index is 1.35. The Morgan fingerprint density at radius 3 is 2.44 bits per heavy atom. The lowest BCUT2D eigenvalue weighted by Gasteiger charge is -2.37. The SMILES string of the molecule is COc1ccccc1N1CCN(c2nc(CNC(=O)c3cc(C)ccc3C)nc3ccccc23)CC1. The molecule has 0 aliphatic carbocycles. The summed E-state index contributed by atoms with van der Waals surface area (Å²) in [4.78, 5) is 27.2. The van der Waals surface area contributed by atoms with Gasteiger partial charge >= 0.3 is 0 Å². The molecule has 7 nitrogen and oxygen atoms in total. The van der Waals surface area contributed by atoms with E-state index < -0.39 is 0 Å². The van der Waals surface area contributed by atoms with Crippen LogP contribution in [0.2, 0.25) is 0 Å². The first-order valence-electron chi connectivity index (χ1n) is 12.3. The third-order valence-corrected chi connectivity index (χ3v) is 6.68. The van der Waals surface area contributed by atoms with E-state index in [1.54, 1.807) is 7.11 Å². The van der Waals surface area contributed by atoms with Gasteiger partial charge in [-0.3, -0.25) is 4.79 Å². The molecule has 1 aromatic heterocycles. The molecule has 0 bridgehead atoms. The summed E-state index contributed by atoms with van der Waals surface area (Å²) in [6.07, 6.45) is 0. The number of carbonyl (C=O) groups excluding carboxylic acids is 1. The predicted molar refractivity (Wildman–Crippen MR) is 144 cm³/mol. The van der Waals surface area contributed by atoms with Gasteiger partial charge in [-0.25, -0.2) is 9.97 Å². The number of hydrogen-bond donors (Lipinski definition) is 1. The molecule has 2 heterocycles. The zero-order valence-corrected chi connectivity index (χ0v) is 21.0. The first-order chi connectivity index (χ1) is 17.5. The number of aryl methyl sites for hydroxylation is 2. The molecule has 36 heavy (non-hydrogen) atoms. The molecule has 1 aliphatic heterocycles. The maximum atomic E-state index is 12.9. The summed E-state index contributed by atoms with van der Waals surface area (Å²) in [6.45, 7) is 7.58. The molecule has 3 aromatic carbocycles. The monoisotopic (exact) mass is 481 g/mol. The van der Waals surface area contributed by atoms with Crippen molar-refractivity contribution in [2.75, 3.05) is 43.1 Å². The number of amides is 1. The number of hydrogen-bond acceptors (Lipinski definition) is 6. The number of aromatic nitrogens is 2. The van der Waals surface area contributed by atoms with Crippen molar-refractivity contribution < 1.29 is 9.53 Å². The van der Waals surface area contributed by atoms with Crippen LogP contribution in [0.1, 0.15) is 27.3 Å². The lowest BCUT2D eigenvalue weighted by Crippen LogP contribution is -2.47. The van der Waals surface area contributed by atoms with E-state index in [0.29, 0.717) is 11.4 Å². The van der Waals surface area contributed by atoms with E-state index in [1.807, 2.05) is 68.4 Å². The summed E-state index contributed by atoms with van der Waals surface area (Å²) in [7, 11) is 1.71. The average molecular weight is 482 g/mol. The van der Waals surface area contributed by atoms with E-state index in [9.17, 15) is 4.79 Å². The number of anilines is 2. The lowest BCUT2D eigenvalue weighted by molar-refractivity contribution is 0.0949. The van der Waals surface area contributed by atoms with Crippen LogP contribution in [0.25, 0.3) is 10.9 Å². The molecule has 0 atom stereocenters. The molecule has 184 valence electrons. The maximum absolute atomic E-state index is 12.9. The van der Waals surface area contributed by atoms with Crippen molar-refractivity contribution in [3.63, 3.8) is 0 Å². The van der Waals surface area contributed by atoms with Gasteiger partial charge in [0.25, 0.3) is 5.91 Å². The highest BCUT2D eigenvalue weighted by Crippen LogP contribution is 2.30. The van der Waals surface area contributed by atoms with Crippen molar-refractivity contribution in [1.82, 2.24) is 15.3 Å². The fourth-order valence-corrected chi connectivity index (χ4v) is 4.71. The zero-order valence-electron chi connectivity index (χ0n) is 21.0. The number of carbonyl (C=O) groups is 1. The number of para-hydroxylation sites is 3. The highest BCUT2D eigenvalue weighted by Gasteiger charge is 2.23. The topological polar surface area (TPSA) is 70.6 Å². The van der Waals surface area contributed by atoms with Crippen LogP contribution in [-0.2, 0) is 6.54 Å². The number of piperazine rings is 1. The summed E-state index contributed by atoms with van der Waals surface area (Å²) >= 11 is 0. The standard InChI is InChI=1S/C29H31N5O2/c1-20-12-13-21(2)23(18-20)29(35)30-19-27-31-24-9-5-4-8-22(24)28(32-27)34-16-14-33(15-17-34)25-10-6-7-11-26(25)36-3/h4-13,18H,14-17,19H2,1-3H3,(H,30,35). The van der Waals surface area contributed by atoms with Crippen molar-refractivity contribution >= 4 is 28.3 Å². The number of fused-ring (bicyclic) bond motifs is 1. The fourth-order valence-electron chi connectivity index (χ4n) is 4.71. The van der Waals surface area contributed by atoms with E-state index in [2.05, 4.69) is 27.2 Å². The smallest absolute Gasteiger partial charge is 0.251 e. The fraction of sp³-hybridized carbons (Fsp3) is 0.276. The van der Waals surface area contributed by atoms with E-state index in [0.717, 1.165) is 65.5 Å². The van der Waals surface area contributed by atoms with Crippen LogP contribution < -0.4 is 19.9 Å². The largest absolute Gasteiger partial charge is 0.495 e. The summed E-state index contributed by atoms with van der Waals surface area (Å²) in [5.41, 5.74) is 4.68. The van der Waals surface area contributed by atoms with Crippen LogP contribution in [0.3, 0.4) is 0 Å². The van der Waals surface area contributed by atoms with Gasteiger partial charge in [0, 0.05) is 37.1 Å². The third-order valence-electron chi connectivity index (χ3n) is 6.68. The Kier molecular flexibility index (Phi) is 6.71. The molecule has 0 saturated carbocycles. The second-order valence-electron chi connectivity index (χ2n) is 9.13.